The van der Waals surface area contributed by atoms with Crippen LogP contribution in [0.5, 0.6) is 0 Å². The van der Waals surface area contributed by atoms with Gasteiger partial charge >= 0.3 is 0 Å². The first-order valence-electron chi connectivity index (χ1n) is 10.0. The van der Waals surface area contributed by atoms with Gasteiger partial charge in [-0.15, -0.1) is 0 Å². The highest BCUT2D eigenvalue weighted by Crippen LogP contribution is 2.13. The van der Waals surface area contributed by atoms with E-state index < -0.39 is 0 Å². The molecule has 0 unspecified atom stereocenters. The van der Waals surface area contributed by atoms with Crippen molar-refractivity contribution < 1.29 is 0 Å². The van der Waals surface area contributed by atoms with Gasteiger partial charge in [0.05, 0.1) is 6.54 Å². The molecule has 2 rings (SSSR count). The molecule has 1 aliphatic rings. The van der Waals surface area contributed by atoms with E-state index in [4.69, 9.17) is 4.99 Å². The summed E-state index contributed by atoms with van der Waals surface area (Å²) in [6, 6.07) is 11.3. The summed E-state index contributed by atoms with van der Waals surface area (Å²) < 4.78 is 0. The Balaban J connectivity index is 1.74. The average molecular weight is 360 g/mol. The van der Waals surface area contributed by atoms with Crippen LogP contribution >= 0.6 is 0 Å². The van der Waals surface area contributed by atoms with E-state index in [1.54, 1.807) is 0 Å². The summed E-state index contributed by atoms with van der Waals surface area (Å²) in [7, 11) is 0. The van der Waals surface area contributed by atoms with E-state index in [0.29, 0.717) is 6.04 Å². The molecule has 0 spiro atoms. The zero-order valence-corrected chi connectivity index (χ0v) is 17.0. The van der Waals surface area contributed by atoms with E-state index in [0.717, 1.165) is 58.1 Å². The highest BCUT2D eigenvalue weighted by atomic mass is 15.2. The molecule has 0 saturated carbocycles. The van der Waals surface area contributed by atoms with Gasteiger partial charge in [0, 0.05) is 44.3 Å². The van der Waals surface area contributed by atoms with Crippen molar-refractivity contribution in [1.29, 1.82) is 0 Å². The third-order valence-corrected chi connectivity index (χ3v) is 4.56. The molecule has 0 radical (unpaired) electrons. The zero-order chi connectivity index (χ0) is 18.8. The Morgan fingerprint density at radius 3 is 2.46 bits per heavy atom. The minimum Gasteiger partial charge on any atom is -0.357 e. The number of guanidine groups is 1. The molecule has 1 saturated heterocycles. The second-order valence-corrected chi connectivity index (χ2v) is 8.12. The van der Waals surface area contributed by atoms with Crippen LogP contribution in [-0.4, -0.2) is 55.2 Å². The van der Waals surface area contributed by atoms with Crippen LogP contribution < -0.4 is 16.0 Å². The number of rotatable bonds is 7. The summed E-state index contributed by atoms with van der Waals surface area (Å²) in [5.41, 5.74) is 1.55. The van der Waals surface area contributed by atoms with Crippen molar-refractivity contribution in [2.75, 3.05) is 32.7 Å². The van der Waals surface area contributed by atoms with E-state index >= 15 is 0 Å². The first-order chi connectivity index (χ1) is 12.5. The fraction of sp³-hybridized carbons (Fsp3) is 0.667. The molecular weight excluding hydrogens is 322 g/mol. The van der Waals surface area contributed by atoms with Crippen molar-refractivity contribution >= 4 is 5.96 Å². The number of piperidine rings is 1. The van der Waals surface area contributed by atoms with Gasteiger partial charge in [-0.3, -0.25) is 9.89 Å². The molecule has 1 heterocycles. The van der Waals surface area contributed by atoms with E-state index in [-0.39, 0.29) is 5.54 Å². The van der Waals surface area contributed by atoms with Gasteiger partial charge in [-0.25, -0.2) is 0 Å². The molecule has 1 aromatic carbocycles. The lowest BCUT2D eigenvalue weighted by atomic mass is 10.0. The molecule has 1 aromatic rings. The van der Waals surface area contributed by atoms with Gasteiger partial charge in [-0.1, -0.05) is 30.3 Å². The Labute approximate surface area is 159 Å². The molecule has 5 nitrogen and oxygen atoms in total. The van der Waals surface area contributed by atoms with Crippen molar-refractivity contribution in [1.82, 2.24) is 20.9 Å². The van der Waals surface area contributed by atoms with Crippen molar-refractivity contribution in [2.45, 2.75) is 58.7 Å². The number of benzene rings is 1. The van der Waals surface area contributed by atoms with Gasteiger partial charge < -0.3 is 16.0 Å². The Bertz CT molecular complexity index is 527. The molecule has 26 heavy (non-hydrogen) atoms. The van der Waals surface area contributed by atoms with Gasteiger partial charge in [0.2, 0.25) is 0 Å². The fourth-order valence-corrected chi connectivity index (χ4v) is 3.19. The minimum atomic E-state index is 0.146. The maximum absolute atomic E-state index is 4.72. The van der Waals surface area contributed by atoms with Gasteiger partial charge in [0.25, 0.3) is 0 Å². The summed E-state index contributed by atoms with van der Waals surface area (Å²) in [5.74, 6) is 0.949. The van der Waals surface area contributed by atoms with Crippen LogP contribution in [-0.2, 0) is 6.54 Å². The number of aliphatic imine (C=N–C) groups is 1. The monoisotopic (exact) mass is 359 g/mol. The van der Waals surface area contributed by atoms with Gasteiger partial charge in [-0.2, -0.15) is 0 Å². The molecule has 1 fully saturated rings. The Kier molecular flexibility index (Phi) is 8.39. The number of hydrogen-bond acceptors (Lipinski definition) is 3. The Morgan fingerprint density at radius 2 is 1.85 bits per heavy atom. The third kappa shape index (κ3) is 8.19. The van der Waals surface area contributed by atoms with Crippen LogP contribution in [0, 0.1) is 0 Å². The number of nitrogens with zero attached hydrogens (tertiary/aromatic N) is 2. The Hall–Kier alpha value is -1.59. The third-order valence-electron chi connectivity index (χ3n) is 4.56. The van der Waals surface area contributed by atoms with Crippen molar-refractivity contribution in [3.05, 3.63) is 35.9 Å². The standard InChI is InChI=1S/C21H37N5/c1-5-22-20(23-13-14-24-21(2,3)4)25-19-11-15-26(16-12-19)17-18-9-7-6-8-10-18/h6-10,19,24H,5,11-17H2,1-4H3,(H2,22,23,25). The van der Waals surface area contributed by atoms with Crippen LogP contribution in [0.1, 0.15) is 46.1 Å². The lowest BCUT2D eigenvalue weighted by Crippen LogP contribution is -2.48. The lowest BCUT2D eigenvalue weighted by Gasteiger charge is -2.33. The molecule has 5 heteroatoms. The topological polar surface area (TPSA) is 51.7 Å². The van der Waals surface area contributed by atoms with E-state index in [1.165, 1.54) is 5.56 Å². The predicted molar refractivity (Wildman–Crippen MR) is 112 cm³/mol. The summed E-state index contributed by atoms with van der Waals surface area (Å²) in [6.07, 6.45) is 2.33. The molecule has 1 aliphatic heterocycles. The number of nitrogens with one attached hydrogen (secondary N) is 3. The van der Waals surface area contributed by atoms with Gasteiger partial charge in [-0.05, 0) is 46.1 Å². The fourth-order valence-electron chi connectivity index (χ4n) is 3.19. The van der Waals surface area contributed by atoms with Crippen LogP contribution in [0.3, 0.4) is 0 Å². The quantitative estimate of drug-likeness (QED) is 0.398. The largest absolute Gasteiger partial charge is 0.357 e. The number of hydrogen-bond donors (Lipinski definition) is 3. The molecule has 0 atom stereocenters. The minimum absolute atomic E-state index is 0.146. The van der Waals surface area contributed by atoms with E-state index in [9.17, 15) is 0 Å². The van der Waals surface area contributed by atoms with Crippen LogP contribution in [0.4, 0.5) is 0 Å². The van der Waals surface area contributed by atoms with Crippen LogP contribution in [0.2, 0.25) is 0 Å². The SMILES string of the molecule is CCNC(=NCCNC(C)(C)C)NC1CCN(Cc2ccccc2)CC1. The van der Waals surface area contributed by atoms with Crippen molar-refractivity contribution in [2.24, 2.45) is 4.99 Å². The maximum Gasteiger partial charge on any atom is 0.191 e. The van der Waals surface area contributed by atoms with Gasteiger partial charge in [0.15, 0.2) is 5.96 Å². The summed E-state index contributed by atoms with van der Waals surface area (Å²) in [5, 5.41) is 10.5. The summed E-state index contributed by atoms with van der Waals surface area (Å²) >= 11 is 0. The van der Waals surface area contributed by atoms with Gasteiger partial charge in [0.1, 0.15) is 0 Å². The summed E-state index contributed by atoms with van der Waals surface area (Å²) in [4.78, 5) is 7.26. The second-order valence-electron chi connectivity index (χ2n) is 8.12. The Morgan fingerprint density at radius 1 is 1.15 bits per heavy atom. The van der Waals surface area contributed by atoms with Crippen molar-refractivity contribution in [3.63, 3.8) is 0 Å². The smallest absolute Gasteiger partial charge is 0.191 e. The molecule has 0 bridgehead atoms. The highest BCUT2D eigenvalue weighted by Gasteiger charge is 2.20. The first-order valence-corrected chi connectivity index (χ1v) is 10.0. The first kappa shape index (κ1) is 20.7. The molecule has 146 valence electrons. The van der Waals surface area contributed by atoms with Crippen molar-refractivity contribution in [3.8, 4) is 0 Å². The normalized spacial score (nSPS) is 17.3. The highest BCUT2D eigenvalue weighted by molar-refractivity contribution is 5.80. The van der Waals surface area contributed by atoms with E-state index in [2.05, 4.69) is 78.9 Å². The van der Waals surface area contributed by atoms with Crippen LogP contribution in [0.25, 0.3) is 0 Å². The molecule has 0 aromatic heterocycles. The molecule has 3 N–H and O–H groups in total. The predicted octanol–water partition coefficient (Wildman–Crippen LogP) is 2.59. The molecule has 0 aliphatic carbocycles. The van der Waals surface area contributed by atoms with Crippen LogP contribution in [0.15, 0.2) is 35.3 Å². The maximum atomic E-state index is 4.72. The lowest BCUT2D eigenvalue weighted by molar-refractivity contribution is 0.198. The number of likely N-dealkylation sites (tertiary alicyclic amines) is 1. The average Bonchev–Trinajstić information content (AvgIpc) is 2.60. The molecule has 0 amide bonds. The second kappa shape index (κ2) is 10.5. The summed E-state index contributed by atoms with van der Waals surface area (Å²) in [6.45, 7) is 14.6. The molecular formula is C21H37N5. The van der Waals surface area contributed by atoms with E-state index in [1.807, 2.05) is 0 Å². The zero-order valence-electron chi connectivity index (χ0n) is 17.0.